The number of aliphatic hydroxyl groups excluding tert-OH is 1. The van der Waals surface area contributed by atoms with Crippen molar-refractivity contribution in [1.82, 2.24) is 0 Å². The molecule has 0 fully saturated rings. The van der Waals surface area contributed by atoms with Gasteiger partial charge in [0.15, 0.2) is 0 Å². The van der Waals surface area contributed by atoms with E-state index in [9.17, 15) is 19.8 Å². The van der Waals surface area contributed by atoms with Crippen molar-refractivity contribution < 1.29 is 30.0 Å². The van der Waals surface area contributed by atoms with Gasteiger partial charge in [-0.1, -0.05) is 116 Å². The Balaban J connectivity index is 0.000000479. The van der Waals surface area contributed by atoms with Gasteiger partial charge in [-0.15, -0.1) is 0 Å². The minimum Gasteiger partial charge on any atom is -0.508 e. The molecule has 0 radical (unpaired) electrons. The number of aromatic carboxylic acids is 1. The molecule has 0 aliphatic heterocycles. The summed E-state index contributed by atoms with van der Waals surface area (Å²) in [5, 5.41) is 37.0. The maximum absolute atomic E-state index is 11.2. The van der Waals surface area contributed by atoms with E-state index in [0.717, 1.165) is 37.7 Å². The standard InChI is InChI=1S/C23H38O3.C11H16O3/c1-2-3-4-5-6-7-8-9-10-11-12-13-14-15-16-20-19-21(24)17-18-22(20)23(25)26;1-2-3-6-11(10(13)14)7-4-9(12)5-8-11/h17-19,24H,2-16H2,1H3,(H,25,26);4-5,7,12H,2-3,6,8H2,1H3,(H,13,14). The van der Waals surface area contributed by atoms with E-state index in [1.54, 1.807) is 18.2 Å². The van der Waals surface area contributed by atoms with E-state index in [0.29, 0.717) is 18.4 Å². The Morgan fingerprint density at radius 1 is 0.750 bits per heavy atom. The van der Waals surface area contributed by atoms with Gasteiger partial charge in [0.1, 0.15) is 11.5 Å². The van der Waals surface area contributed by atoms with Crippen molar-refractivity contribution in [3.63, 3.8) is 0 Å². The molecule has 2 rings (SSSR count). The van der Waals surface area contributed by atoms with Crippen LogP contribution in [0.1, 0.15) is 145 Å². The monoisotopic (exact) mass is 558 g/mol. The number of carbonyl (C=O) groups is 2. The summed E-state index contributed by atoms with van der Waals surface area (Å²) in [6, 6.07) is 4.53. The molecule has 6 nitrogen and oxygen atoms in total. The first-order valence-electron chi connectivity index (χ1n) is 15.6. The fourth-order valence-electron chi connectivity index (χ4n) is 5.12. The van der Waals surface area contributed by atoms with E-state index in [1.165, 1.54) is 95.3 Å². The fourth-order valence-corrected chi connectivity index (χ4v) is 5.12. The molecule has 6 heteroatoms. The first kappa shape index (κ1) is 35.3. The van der Waals surface area contributed by atoms with E-state index in [-0.39, 0.29) is 11.5 Å². The third-order valence-corrected chi connectivity index (χ3v) is 7.77. The number of rotatable bonds is 20. The van der Waals surface area contributed by atoms with E-state index in [2.05, 4.69) is 6.92 Å². The van der Waals surface area contributed by atoms with E-state index >= 15 is 0 Å². The number of aliphatic hydroxyl groups is 1. The van der Waals surface area contributed by atoms with E-state index in [1.807, 2.05) is 6.92 Å². The number of unbranched alkanes of at least 4 members (excludes halogenated alkanes) is 14. The van der Waals surface area contributed by atoms with Crippen LogP contribution in [0.2, 0.25) is 0 Å². The first-order valence-corrected chi connectivity index (χ1v) is 15.6. The van der Waals surface area contributed by atoms with Crippen LogP contribution >= 0.6 is 0 Å². The van der Waals surface area contributed by atoms with Gasteiger partial charge >= 0.3 is 11.9 Å². The zero-order chi connectivity index (χ0) is 29.6. The topological polar surface area (TPSA) is 115 Å². The summed E-state index contributed by atoms with van der Waals surface area (Å²) in [4.78, 5) is 22.3. The van der Waals surface area contributed by atoms with Gasteiger partial charge in [-0.25, -0.2) is 4.79 Å². The SMILES string of the molecule is CCCCC1(C(=O)O)C=CC(O)=CC1.CCCCCCCCCCCCCCCCc1cc(O)ccc1C(=O)O. The zero-order valence-electron chi connectivity index (χ0n) is 25.0. The summed E-state index contributed by atoms with van der Waals surface area (Å²) in [5.74, 6) is -1.40. The Kier molecular flexibility index (Phi) is 18.6. The van der Waals surface area contributed by atoms with E-state index < -0.39 is 17.4 Å². The maximum Gasteiger partial charge on any atom is 0.335 e. The highest BCUT2D eigenvalue weighted by atomic mass is 16.4. The summed E-state index contributed by atoms with van der Waals surface area (Å²) in [5.41, 5.74) is 0.274. The molecule has 0 saturated carbocycles. The number of phenolic OH excluding ortho intramolecular Hbond substituents is 1. The lowest BCUT2D eigenvalue weighted by molar-refractivity contribution is -0.146. The van der Waals surface area contributed by atoms with Crippen molar-refractivity contribution in [2.45, 2.75) is 136 Å². The molecule has 1 unspecified atom stereocenters. The minimum atomic E-state index is -0.912. The smallest absolute Gasteiger partial charge is 0.335 e. The summed E-state index contributed by atoms with van der Waals surface area (Å²) >= 11 is 0. The van der Waals surface area contributed by atoms with Crippen molar-refractivity contribution in [2.75, 3.05) is 0 Å². The van der Waals surface area contributed by atoms with Gasteiger partial charge in [-0.05, 0) is 61.6 Å². The van der Waals surface area contributed by atoms with Crippen LogP contribution in [-0.4, -0.2) is 32.4 Å². The average molecular weight is 559 g/mol. The summed E-state index contributed by atoms with van der Waals surface area (Å²) in [7, 11) is 0. The average Bonchev–Trinajstić information content (AvgIpc) is 2.93. The number of aromatic hydroxyl groups is 1. The number of aliphatic carboxylic acids is 1. The lowest BCUT2D eigenvalue weighted by Gasteiger charge is -2.26. The van der Waals surface area contributed by atoms with E-state index in [4.69, 9.17) is 10.2 Å². The normalized spacial score (nSPS) is 16.2. The second-order valence-corrected chi connectivity index (χ2v) is 11.2. The van der Waals surface area contributed by atoms with Crippen molar-refractivity contribution in [3.05, 3.63) is 53.3 Å². The second-order valence-electron chi connectivity index (χ2n) is 11.2. The molecule has 1 aliphatic carbocycles. The predicted octanol–water partition coefficient (Wildman–Crippen LogP) is 9.76. The molecular formula is C34H54O6. The molecule has 4 N–H and O–H groups in total. The van der Waals surface area contributed by atoms with Gasteiger partial charge in [0, 0.05) is 0 Å². The number of hydrogen-bond acceptors (Lipinski definition) is 4. The number of allylic oxidation sites excluding steroid dienone is 2. The van der Waals surface area contributed by atoms with Gasteiger partial charge in [0.2, 0.25) is 0 Å². The van der Waals surface area contributed by atoms with Gasteiger partial charge in [0.05, 0.1) is 11.0 Å². The number of carboxylic acid groups (broad SMARTS) is 2. The van der Waals surface area contributed by atoms with Gasteiger partial charge in [-0.3, -0.25) is 4.79 Å². The molecule has 0 amide bonds. The molecule has 1 aliphatic rings. The third kappa shape index (κ3) is 14.6. The molecule has 40 heavy (non-hydrogen) atoms. The Morgan fingerprint density at radius 2 is 1.27 bits per heavy atom. The van der Waals surface area contributed by atoms with Crippen molar-refractivity contribution in [3.8, 4) is 5.75 Å². The molecule has 0 bridgehead atoms. The Hall–Kier alpha value is -2.76. The molecular weight excluding hydrogens is 504 g/mol. The van der Waals surface area contributed by atoms with Gasteiger partial charge in [0.25, 0.3) is 0 Å². The van der Waals surface area contributed by atoms with Crippen LogP contribution in [0.5, 0.6) is 5.75 Å². The Morgan fingerprint density at radius 3 is 1.73 bits per heavy atom. The lowest BCUT2D eigenvalue weighted by Crippen LogP contribution is -2.29. The highest BCUT2D eigenvalue weighted by Gasteiger charge is 2.35. The molecule has 226 valence electrons. The van der Waals surface area contributed by atoms with Crippen molar-refractivity contribution >= 4 is 11.9 Å². The van der Waals surface area contributed by atoms with Crippen LogP contribution in [0, 0.1) is 5.41 Å². The third-order valence-electron chi connectivity index (χ3n) is 7.77. The molecule has 0 spiro atoms. The van der Waals surface area contributed by atoms with Crippen molar-refractivity contribution in [1.29, 1.82) is 0 Å². The van der Waals surface area contributed by atoms with Crippen LogP contribution in [0.3, 0.4) is 0 Å². The summed E-state index contributed by atoms with van der Waals surface area (Å²) in [6.45, 7) is 4.30. The van der Waals surface area contributed by atoms with Crippen LogP contribution in [-0.2, 0) is 11.2 Å². The fraction of sp³-hybridized carbons (Fsp3) is 0.647. The number of carboxylic acids is 2. The van der Waals surface area contributed by atoms with Gasteiger partial charge in [-0.2, -0.15) is 0 Å². The quantitative estimate of drug-likeness (QED) is 0.118. The summed E-state index contributed by atoms with van der Waals surface area (Å²) in [6.07, 6.45) is 26.7. The first-order chi connectivity index (χ1) is 19.3. The minimum absolute atomic E-state index is 0.148. The predicted molar refractivity (Wildman–Crippen MR) is 163 cm³/mol. The van der Waals surface area contributed by atoms with Crippen LogP contribution in [0.25, 0.3) is 0 Å². The Labute approximate surface area is 242 Å². The summed E-state index contributed by atoms with van der Waals surface area (Å²) < 4.78 is 0. The maximum atomic E-state index is 11.2. The zero-order valence-corrected chi connectivity index (χ0v) is 25.0. The van der Waals surface area contributed by atoms with Crippen LogP contribution < -0.4 is 0 Å². The molecule has 0 saturated heterocycles. The highest BCUT2D eigenvalue weighted by molar-refractivity contribution is 5.89. The largest absolute Gasteiger partial charge is 0.508 e. The number of hydrogen-bond donors (Lipinski definition) is 4. The second kappa shape index (κ2) is 21.0. The number of aryl methyl sites for hydroxylation is 1. The molecule has 0 aromatic heterocycles. The van der Waals surface area contributed by atoms with Crippen LogP contribution in [0.4, 0.5) is 0 Å². The lowest BCUT2D eigenvalue weighted by atomic mass is 9.77. The van der Waals surface area contributed by atoms with Crippen molar-refractivity contribution in [2.24, 2.45) is 5.41 Å². The molecule has 1 aromatic carbocycles. The molecule has 1 aromatic rings. The van der Waals surface area contributed by atoms with Crippen LogP contribution in [0.15, 0.2) is 42.2 Å². The number of benzene rings is 1. The van der Waals surface area contributed by atoms with Gasteiger partial charge < -0.3 is 20.4 Å². The number of phenols is 1. The highest BCUT2D eigenvalue weighted by Crippen LogP contribution is 2.35. The molecule has 1 atom stereocenters. The Bertz CT molecular complexity index is 919. The molecule has 0 heterocycles.